The van der Waals surface area contributed by atoms with Crippen molar-refractivity contribution in [2.24, 2.45) is 0 Å². The quantitative estimate of drug-likeness (QED) is 0.580. The maximum absolute atomic E-state index is 13.7. The second kappa shape index (κ2) is 8.36. The standard InChI is InChI=1S/C24H26N2O3S/c1-28-20-9-4-10-21-22(20)25-24(30-21)26(15-19-8-5-13-29-19)23(27)18-12-11-16-6-2-3-7-17(16)14-18/h4,9-12,14,19H,2-3,5-8,13,15H2,1H3. The van der Waals surface area contributed by atoms with Crippen LogP contribution in [0.1, 0.15) is 47.2 Å². The number of methoxy groups -OCH3 is 1. The third-order valence-electron chi connectivity index (χ3n) is 6.07. The Labute approximate surface area is 180 Å². The molecule has 1 amide bonds. The number of anilines is 1. The molecule has 1 unspecified atom stereocenters. The van der Waals surface area contributed by atoms with Gasteiger partial charge in [0.05, 0.1) is 24.5 Å². The summed E-state index contributed by atoms with van der Waals surface area (Å²) < 4.78 is 12.3. The van der Waals surface area contributed by atoms with Crippen molar-refractivity contribution in [1.82, 2.24) is 4.98 Å². The lowest BCUT2D eigenvalue weighted by Crippen LogP contribution is -2.37. The number of para-hydroxylation sites is 1. The molecule has 5 rings (SSSR count). The molecule has 0 spiro atoms. The molecular formula is C24H26N2O3S. The average Bonchev–Trinajstić information content (AvgIpc) is 3.46. The van der Waals surface area contributed by atoms with Crippen molar-refractivity contribution in [3.63, 3.8) is 0 Å². The fourth-order valence-corrected chi connectivity index (χ4v) is 5.44. The third kappa shape index (κ3) is 3.70. The smallest absolute Gasteiger partial charge is 0.260 e. The van der Waals surface area contributed by atoms with E-state index in [1.165, 1.54) is 35.3 Å². The Balaban J connectivity index is 1.52. The Hall–Kier alpha value is -2.44. The Morgan fingerprint density at radius 3 is 2.87 bits per heavy atom. The van der Waals surface area contributed by atoms with Crippen molar-refractivity contribution in [2.75, 3.05) is 25.2 Å². The molecule has 0 saturated carbocycles. The molecular weight excluding hydrogens is 396 g/mol. The van der Waals surface area contributed by atoms with Crippen LogP contribution in [0.2, 0.25) is 0 Å². The Kier molecular flexibility index (Phi) is 5.44. The lowest BCUT2D eigenvalue weighted by Gasteiger charge is -2.24. The fourth-order valence-electron chi connectivity index (χ4n) is 4.45. The Bertz CT molecular complexity index is 1070. The lowest BCUT2D eigenvalue weighted by atomic mass is 9.90. The van der Waals surface area contributed by atoms with Crippen LogP contribution in [0.15, 0.2) is 36.4 Å². The molecule has 2 aromatic carbocycles. The molecule has 3 aromatic rings. The van der Waals surface area contributed by atoms with E-state index in [2.05, 4.69) is 12.1 Å². The second-order valence-electron chi connectivity index (χ2n) is 8.04. The second-order valence-corrected chi connectivity index (χ2v) is 9.05. The van der Waals surface area contributed by atoms with E-state index >= 15 is 0 Å². The minimum absolute atomic E-state index is 0.00287. The zero-order valence-corrected chi connectivity index (χ0v) is 18.0. The van der Waals surface area contributed by atoms with Crippen LogP contribution in [0, 0.1) is 0 Å². The number of carbonyl (C=O) groups excluding carboxylic acids is 1. The maximum atomic E-state index is 13.7. The molecule has 0 bridgehead atoms. The van der Waals surface area contributed by atoms with Crippen LogP contribution in [0.3, 0.4) is 0 Å². The van der Waals surface area contributed by atoms with E-state index < -0.39 is 0 Å². The molecule has 1 aliphatic heterocycles. The molecule has 1 atom stereocenters. The fraction of sp³-hybridized carbons (Fsp3) is 0.417. The van der Waals surface area contributed by atoms with Crippen LogP contribution in [0.25, 0.3) is 10.2 Å². The van der Waals surface area contributed by atoms with Gasteiger partial charge in [0.25, 0.3) is 5.91 Å². The third-order valence-corrected chi connectivity index (χ3v) is 7.12. The van der Waals surface area contributed by atoms with Gasteiger partial charge in [-0.1, -0.05) is 23.5 Å². The molecule has 1 saturated heterocycles. The number of aryl methyl sites for hydroxylation is 2. The van der Waals surface area contributed by atoms with E-state index in [1.807, 2.05) is 29.2 Å². The molecule has 156 valence electrons. The number of ether oxygens (including phenoxy) is 2. The number of hydrogen-bond donors (Lipinski definition) is 0. The molecule has 1 aromatic heterocycles. The summed E-state index contributed by atoms with van der Waals surface area (Å²) in [6.07, 6.45) is 6.67. The number of rotatable bonds is 5. The van der Waals surface area contributed by atoms with E-state index in [4.69, 9.17) is 14.5 Å². The maximum Gasteiger partial charge on any atom is 0.260 e. The first kappa shape index (κ1) is 19.5. The zero-order valence-electron chi connectivity index (χ0n) is 17.2. The van der Waals surface area contributed by atoms with Gasteiger partial charge in [-0.05, 0) is 73.9 Å². The number of fused-ring (bicyclic) bond motifs is 2. The predicted molar refractivity (Wildman–Crippen MR) is 120 cm³/mol. The number of carbonyl (C=O) groups is 1. The molecule has 6 heteroatoms. The van der Waals surface area contributed by atoms with Crippen molar-refractivity contribution in [2.45, 2.75) is 44.6 Å². The van der Waals surface area contributed by atoms with E-state index in [0.717, 1.165) is 53.8 Å². The highest BCUT2D eigenvalue weighted by atomic mass is 32.1. The summed E-state index contributed by atoms with van der Waals surface area (Å²) in [5.74, 6) is 0.727. The molecule has 2 aliphatic rings. The molecule has 5 nitrogen and oxygen atoms in total. The van der Waals surface area contributed by atoms with Crippen LogP contribution in [0.4, 0.5) is 5.13 Å². The Morgan fingerprint density at radius 1 is 1.20 bits per heavy atom. The monoisotopic (exact) mass is 422 g/mol. The number of nitrogens with zero attached hydrogens (tertiary/aromatic N) is 2. The summed E-state index contributed by atoms with van der Waals surface area (Å²) in [5.41, 5.74) is 4.23. The number of hydrogen-bond acceptors (Lipinski definition) is 5. The minimum Gasteiger partial charge on any atom is -0.494 e. The summed E-state index contributed by atoms with van der Waals surface area (Å²) >= 11 is 1.53. The highest BCUT2D eigenvalue weighted by Crippen LogP contribution is 2.35. The first-order chi connectivity index (χ1) is 14.7. The van der Waals surface area contributed by atoms with Gasteiger partial charge in [-0.3, -0.25) is 9.69 Å². The van der Waals surface area contributed by atoms with Gasteiger partial charge in [-0.25, -0.2) is 4.98 Å². The van der Waals surface area contributed by atoms with Gasteiger partial charge in [0, 0.05) is 12.2 Å². The summed E-state index contributed by atoms with van der Waals surface area (Å²) in [4.78, 5) is 20.3. The van der Waals surface area contributed by atoms with E-state index in [0.29, 0.717) is 11.7 Å². The highest BCUT2D eigenvalue weighted by Gasteiger charge is 2.28. The van der Waals surface area contributed by atoms with E-state index in [1.54, 1.807) is 7.11 Å². The van der Waals surface area contributed by atoms with Crippen molar-refractivity contribution in [1.29, 1.82) is 0 Å². The molecule has 2 heterocycles. The van der Waals surface area contributed by atoms with Crippen LogP contribution in [-0.4, -0.2) is 37.3 Å². The summed E-state index contributed by atoms with van der Waals surface area (Å²) in [5, 5.41) is 0.702. The van der Waals surface area contributed by atoms with Crippen LogP contribution in [-0.2, 0) is 17.6 Å². The largest absolute Gasteiger partial charge is 0.494 e. The number of benzene rings is 2. The molecule has 0 radical (unpaired) electrons. The summed E-state index contributed by atoms with van der Waals surface area (Å²) in [6.45, 7) is 1.29. The average molecular weight is 423 g/mol. The van der Waals surface area contributed by atoms with Crippen molar-refractivity contribution < 1.29 is 14.3 Å². The summed E-state index contributed by atoms with van der Waals surface area (Å²) in [6, 6.07) is 12.1. The molecule has 1 aliphatic carbocycles. The van der Waals surface area contributed by atoms with Crippen molar-refractivity contribution in [3.8, 4) is 5.75 Å². The number of amides is 1. The zero-order chi connectivity index (χ0) is 20.5. The van der Waals surface area contributed by atoms with Gasteiger partial charge in [-0.2, -0.15) is 0 Å². The SMILES string of the molecule is COc1cccc2sc(N(CC3CCCO3)C(=O)c3ccc4c(c3)CCCC4)nc12. The van der Waals surface area contributed by atoms with Gasteiger partial charge in [0.15, 0.2) is 5.13 Å². The first-order valence-electron chi connectivity index (χ1n) is 10.7. The van der Waals surface area contributed by atoms with Crippen LogP contribution in [0.5, 0.6) is 5.75 Å². The predicted octanol–water partition coefficient (Wildman–Crippen LogP) is 5.01. The van der Waals surface area contributed by atoms with Gasteiger partial charge in [0.1, 0.15) is 11.3 Å². The number of aromatic nitrogens is 1. The topological polar surface area (TPSA) is 51.7 Å². The minimum atomic E-state index is -0.00287. The van der Waals surface area contributed by atoms with Gasteiger partial charge >= 0.3 is 0 Å². The summed E-state index contributed by atoms with van der Waals surface area (Å²) in [7, 11) is 1.65. The van der Waals surface area contributed by atoms with Gasteiger partial charge < -0.3 is 9.47 Å². The Morgan fingerprint density at radius 2 is 2.07 bits per heavy atom. The van der Waals surface area contributed by atoms with Crippen LogP contribution >= 0.6 is 11.3 Å². The lowest BCUT2D eigenvalue weighted by molar-refractivity contribution is 0.0917. The number of thiazole rings is 1. The van der Waals surface area contributed by atoms with E-state index in [-0.39, 0.29) is 12.0 Å². The first-order valence-corrected chi connectivity index (χ1v) is 11.5. The van der Waals surface area contributed by atoms with Crippen molar-refractivity contribution >= 4 is 32.6 Å². The molecule has 30 heavy (non-hydrogen) atoms. The van der Waals surface area contributed by atoms with Crippen molar-refractivity contribution in [3.05, 3.63) is 53.1 Å². The molecule has 1 fully saturated rings. The van der Waals surface area contributed by atoms with Gasteiger partial charge in [0.2, 0.25) is 0 Å². The normalized spacial score (nSPS) is 18.4. The highest BCUT2D eigenvalue weighted by molar-refractivity contribution is 7.22. The van der Waals surface area contributed by atoms with E-state index in [9.17, 15) is 4.79 Å². The van der Waals surface area contributed by atoms with Crippen LogP contribution < -0.4 is 9.64 Å². The van der Waals surface area contributed by atoms with Gasteiger partial charge in [-0.15, -0.1) is 0 Å². The molecule has 0 N–H and O–H groups in total.